The smallest absolute Gasteiger partial charge is 0.243 e. The number of hydrogen-bond acceptors (Lipinski definition) is 4. The van der Waals surface area contributed by atoms with Gasteiger partial charge in [0.2, 0.25) is 11.8 Å². The highest BCUT2D eigenvalue weighted by Gasteiger charge is 2.30. The lowest BCUT2D eigenvalue weighted by Crippen LogP contribution is -2.50. The molecule has 0 aromatic heterocycles. The third-order valence-corrected chi connectivity index (χ3v) is 6.53. The van der Waals surface area contributed by atoms with E-state index >= 15 is 0 Å². The van der Waals surface area contributed by atoms with Crippen LogP contribution in [-0.2, 0) is 29.0 Å². The van der Waals surface area contributed by atoms with Crippen molar-refractivity contribution in [2.75, 3.05) is 19.8 Å². The largest absolute Gasteiger partial charge is 0.490 e. The lowest BCUT2D eigenvalue weighted by molar-refractivity contribution is -0.141. The molecule has 0 radical (unpaired) electrons. The molecule has 39 heavy (non-hydrogen) atoms. The summed E-state index contributed by atoms with van der Waals surface area (Å²) < 4.78 is 11.4. The van der Waals surface area contributed by atoms with E-state index in [1.54, 1.807) is 11.0 Å². The second-order valence-corrected chi connectivity index (χ2v) is 9.73. The van der Waals surface area contributed by atoms with Gasteiger partial charge in [0.25, 0.3) is 0 Å². The summed E-state index contributed by atoms with van der Waals surface area (Å²) in [4.78, 5) is 29.0. The van der Waals surface area contributed by atoms with Crippen LogP contribution in [0.1, 0.15) is 50.3 Å². The monoisotopic (exact) mass is 550 g/mol. The predicted octanol–water partition coefficient (Wildman–Crippen LogP) is 6.24. The molecule has 0 aliphatic heterocycles. The average Bonchev–Trinajstić information content (AvgIpc) is 2.94. The first-order valence-electron chi connectivity index (χ1n) is 13.7. The summed E-state index contributed by atoms with van der Waals surface area (Å²) in [6, 6.07) is 22.3. The van der Waals surface area contributed by atoms with Crippen LogP contribution < -0.4 is 14.8 Å². The molecule has 0 heterocycles. The van der Waals surface area contributed by atoms with Crippen molar-refractivity contribution in [3.05, 3.63) is 94.5 Å². The number of nitrogens with one attached hydrogen (secondary N) is 1. The number of benzene rings is 3. The van der Waals surface area contributed by atoms with Gasteiger partial charge in [-0.3, -0.25) is 9.59 Å². The van der Waals surface area contributed by atoms with Gasteiger partial charge in [-0.05, 0) is 67.6 Å². The Bertz CT molecular complexity index is 1200. The van der Waals surface area contributed by atoms with Gasteiger partial charge in [0, 0.05) is 31.0 Å². The predicted molar refractivity (Wildman–Crippen MR) is 156 cm³/mol. The number of carbonyl (C=O) groups is 2. The molecule has 0 bridgehead atoms. The molecule has 1 unspecified atom stereocenters. The van der Waals surface area contributed by atoms with Crippen LogP contribution >= 0.6 is 11.6 Å². The fraction of sp³-hybridized carbons (Fsp3) is 0.375. The van der Waals surface area contributed by atoms with Crippen molar-refractivity contribution < 1.29 is 19.1 Å². The molecule has 0 aliphatic carbocycles. The van der Waals surface area contributed by atoms with E-state index in [1.165, 1.54) is 0 Å². The van der Waals surface area contributed by atoms with E-state index in [9.17, 15) is 9.59 Å². The van der Waals surface area contributed by atoms with Crippen LogP contribution in [0.15, 0.2) is 72.8 Å². The van der Waals surface area contributed by atoms with Gasteiger partial charge in [-0.25, -0.2) is 0 Å². The number of aryl methyl sites for hydroxylation is 1. The van der Waals surface area contributed by atoms with Crippen molar-refractivity contribution >= 4 is 23.4 Å². The fourth-order valence-electron chi connectivity index (χ4n) is 4.40. The Kier molecular flexibility index (Phi) is 12.2. The zero-order valence-corrected chi connectivity index (χ0v) is 23.9. The van der Waals surface area contributed by atoms with Crippen LogP contribution in [0.25, 0.3) is 0 Å². The summed E-state index contributed by atoms with van der Waals surface area (Å²) in [7, 11) is 0. The SMILES string of the molecule is CCCNC(=O)C(Cc1ccccc1)N(Cc1cccc(Cl)c1)C(=O)CCc1ccc(OCC)c(OCC)c1. The normalized spacial score (nSPS) is 11.5. The van der Waals surface area contributed by atoms with Crippen LogP contribution in [-0.4, -0.2) is 42.5 Å². The maximum Gasteiger partial charge on any atom is 0.243 e. The summed E-state index contributed by atoms with van der Waals surface area (Å²) in [5.74, 6) is 1.10. The minimum atomic E-state index is -0.662. The van der Waals surface area contributed by atoms with Gasteiger partial charge in [-0.15, -0.1) is 0 Å². The van der Waals surface area contributed by atoms with E-state index < -0.39 is 6.04 Å². The number of carbonyl (C=O) groups excluding carboxylic acids is 2. The summed E-state index contributed by atoms with van der Waals surface area (Å²) >= 11 is 6.26. The van der Waals surface area contributed by atoms with Crippen LogP contribution in [0, 0.1) is 0 Å². The summed E-state index contributed by atoms with van der Waals surface area (Å²) in [5.41, 5.74) is 2.83. The molecule has 6 nitrogen and oxygen atoms in total. The molecule has 0 fully saturated rings. The second kappa shape index (κ2) is 15.8. The van der Waals surface area contributed by atoms with Crippen molar-refractivity contribution in [1.29, 1.82) is 0 Å². The molecule has 0 saturated heterocycles. The maximum atomic E-state index is 13.9. The molecule has 0 saturated carbocycles. The highest BCUT2D eigenvalue weighted by molar-refractivity contribution is 6.30. The molecule has 1 atom stereocenters. The van der Waals surface area contributed by atoms with E-state index in [4.69, 9.17) is 21.1 Å². The quantitative estimate of drug-likeness (QED) is 0.243. The Hall–Kier alpha value is -3.51. The average molecular weight is 551 g/mol. The van der Waals surface area contributed by atoms with Crippen LogP contribution in [0.5, 0.6) is 11.5 Å². The molecule has 208 valence electrons. The van der Waals surface area contributed by atoms with Gasteiger partial charge in [0.1, 0.15) is 6.04 Å². The Morgan fingerprint density at radius 3 is 2.26 bits per heavy atom. The number of ether oxygens (including phenoxy) is 2. The molecule has 3 aromatic rings. The first kappa shape index (κ1) is 30.0. The van der Waals surface area contributed by atoms with E-state index in [0.29, 0.717) is 49.1 Å². The van der Waals surface area contributed by atoms with Crippen molar-refractivity contribution in [1.82, 2.24) is 10.2 Å². The lowest BCUT2D eigenvalue weighted by Gasteiger charge is -2.31. The first-order chi connectivity index (χ1) is 18.9. The topological polar surface area (TPSA) is 67.9 Å². The summed E-state index contributed by atoms with van der Waals surface area (Å²) in [6.45, 7) is 7.76. The van der Waals surface area contributed by atoms with E-state index in [2.05, 4.69) is 5.32 Å². The first-order valence-corrected chi connectivity index (χ1v) is 14.1. The van der Waals surface area contributed by atoms with Crippen molar-refractivity contribution in [3.63, 3.8) is 0 Å². The molecule has 2 amide bonds. The number of amides is 2. The Labute approximate surface area is 237 Å². The number of halogens is 1. The fourth-order valence-corrected chi connectivity index (χ4v) is 4.61. The molecule has 3 aromatic carbocycles. The van der Waals surface area contributed by atoms with Gasteiger partial charge in [-0.1, -0.05) is 67.1 Å². The molecule has 1 N–H and O–H groups in total. The van der Waals surface area contributed by atoms with Gasteiger partial charge < -0.3 is 19.7 Å². The Morgan fingerprint density at radius 2 is 1.56 bits per heavy atom. The minimum Gasteiger partial charge on any atom is -0.490 e. The van der Waals surface area contributed by atoms with Gasteiger partial charge in [0.15, 0.2) is 11.5 Å². The summed E-state index contributed by atoms with van der Waals surface area (Å²) in [6.07, 6.45) is 1.98. The zero-order chi connectivity index (χ0) is 28.0. The van der Waals surface area contributed by atoms with Gasteiger partial charge in [0.05, 0.1) is 13.2 Å². The standard InChI is InChI=1S/C32H39ClN2O4/c1-4-19-34-32(37)28(21-24-11-8-7-9-12-24)35(23-26-13-10-14-27(33)20-26)31(36)18-16-25-15-17-29(38-5-2)30(22-25)39-6-3/h7-15,17,20,22,28H,4-6,16,18-19,21,23H2,1-3H3,(H,34,37). The molecular formula is C32H39ClN2O4. The number of hydrogen-bond donors (Lipinski definition) is 1. The molecular weight excluding hydrogens is 512 g/mol. The number of rotatable bonds is 15. The Morgan fingerprint density at radius 1 is 0.846 bits per heavy atom. The van der Waals surface area contributed by atoms with Crippen molar-refractivity contribution in [3.8, 4) is 11.5 Å². The molecule has 7 heteroatoms. The van der Waals surface area contributed by atoms with E-state index in [0.717, 1.165) is 23.1 Å². The lowest BCUT2D eigenvalue weighted by atomic mass is 10.0. The highest BCUT2D eigenvalue weighted by atomic mass is 35.5. The third-order valence-electron chi connectivity index (χ3n) is 6.30. The van der Waals surface area contributed by atoms with Crippen molar-refractivity contribution in [2.45, 2.75) is 59.0 Å². The molecule has 0 spiro atoms. The van der Waals surface area contributed by atoms with Crippen LogP contribution in [0.3, 0.4) is 0 Å². The zero-order valence-electron chi connectivity index (χ0n) is 23.1. The molecule has 0 aliphatic rings. The maximum absolute atomic E-state index is 13.9. The third kappa shape index (κ3) is 9.32. The minimum absolute atomic E-state index is 0.102. The number of nitrogens with zero attached hydrogens (tertiary/aromatic N) is 1. The summed E-state index contributed by atoms with van der Waals surface area (Å²) in [5, 5.41) is 3.60. The molecule has 3 rings (SSSR count). The second-order valence-electron chi connectivity index (χ2n) is 9.30. The van der Waals surface area contributed by atoms with E-state index in [1.807, 2.05) is 87.5 Å². The van der Waals surface area contributed by atoms with Gasteiger partial charge in [-0.2, -0.15) is 0 Å². The van der Waals surface area contributed by atoms with Gasteiger partial charge >= 0.3 is 0 Å². The highest BCUT2D eigenvalue weighted by Crippen LogP contribution is 2.29. The van der Waals surface area contributed by atoms with Crippen LogP contribution in [0.2, 0.25) is 5.02 Å². The van der Waals surface area contributed by atoms with E-state index in [-0.39, 0.29) is 24.8 Å². The van der Waals surface area contributed by atoms with Crippen LogP contribution in [0.4, 0.5) is 0 Å². The Balaban J connectivity index is 1.88. The van der Waals surface area contributed by atoms with Crippen molar-refractivity contribution in [2.24, 2.45) is 0 Å².